The van der Waals surface area contributed by atoms with Crippen LogP contribution < -0.4 is 10.5 Å². The Morgan fingerprint density at radius 2 is 2.12 bits per heavy atom. The van der Waals surface area contributed by atoms with Crippen LogP contribution in [0.3, 0.4) is 0 Å². The molecule has 1 atom stereocenters. The first-order valence-electron chi connectivity index (χ1n) is 5.35. The van der Waals surface area contributed by atoms with E-state index in [0.29, 0.717) is 12.0 Å². The van der Waals surface area contributed by atoms with E-state index in [1.54, 1.807) is 6.92 Å². The predicted molar refractivity (Wildman–Crippen MR) is 64.6 cm³/mol. The van der Waals surface area contributed by atoms with Crippen LogP contribution in [0.5, 0.6) is 0 Å². The molecule has 0 aliphatic heterocycles. The van der Waals surface area contributed by atoms with Gasteiger partial charge in [-0.3, -0.25) is 0 Å². The summed E-state index contributed by atoms with van der Waals surface area (Å²) in [5.74, 6) is -0.708. The molecule has 0 bridgehead atoms. The molecule has 4 nitrogen and oxygen atoms in total. The van der Waals surface area contributed by atoms with Crippen LogP contribution >= 0.6 is 0 Å². The van der Waals surface area contributed by atoms with E-state index in [1.165, 1.54) is 25.1 Å². The van der Waals surface area contributed by atoms with E-state index in [1.807, 2.05) is 0 Å². The first-order valence-corrected chi connectivity index (χ1v) is 6.83. The number of benzene rings is 1. The molecule has 0 saturated heterocycles. The number of aryl methyl sites for hydroxylation is 1. The minimum Gasteiger partial charge on any atom is -0.328 e. The topological polar surface area (TPSA) is 72.2 Å². The van der Waals surface area contributed by atoms with Crippen LogP contribution in [0.25, 0.3) is 0 Å². The molecule has 0 fully saturated rings. The van der Waals surface area contributed by atoms with Gasteiger partial charge in [-0.2, -0.15) is 0 Å². The van der Waals surface area contributed by atoms with Crippen LogP contribution in [-0.4, -0.2) is 21.0 Å². The molecule has 1 aromatic rings. The third kappa shape index (κ3) is 3.76. The van der Waals surface area contributed by atoms with Crippen LogP contribution in [0.15, 0.2) is 23.1 Å². The van der Waals surface area contributed by atoms with Crippen LogP contribution in [0.2, 0.25) is 0 Å². The molecule has 1 aromatic carbocycles. The minimum absolute atomic E-state index is 0.0972. The van der Waals surface area contributed by atoms with Gasteiger partial charge < -0.3 is 5.73 Å². The Morgan fingerprint density at radius 3 is 2.71 bits per heavy atom. The Bertz CT molecular complexity index is 486. The van der Waals surface area contributed by atoms with Crippen molar-refractivity contribution in [3.05, 3.63) is 29.6 Å². The van der Waals surface area contributed by atoms with Gasteiger partial charge in [-0.05, 0) is 31.9 Å². The van der Waals surface area contributed by atoms with Gasteiger partial charge in [0.05, 0.1) is 0 Å². The predicted octanol–water partition coefficient (Wildman–Crippen LogP) is 1.15. The van der Waals surface area contributed by atoms with Gasteiger partial charge in [0.2, 0.25) is 10.0 Å². The summed E-state index contributed by atoms with van der Waals surface area (Å²) in [4.78, 5) is -0.317. The van der Waals surface area contributed by atoms with Gasteiger partial charge >= 0.3 is 0 Å². The SMILES string of the molecule is Cc1cccc(S(=O)(=O)NCCC(C)N)c1F. The zero-order valence-electron chi connectivity index (χ0n) is 9.90. The standard InChI is InChI=1S/C11H17FN2O2S/c1-8-4-3-5-10(11(8)12)17(15,16)14-7-6-9(2)13/h3-5,9,14H,6-7,13H2,1-2H3. The fourth-order valence-corrected chi connectivity index (χ4v) is 2.52. The number of halogens is 1. The van der Waals surface area contributed by atoms with E-state index in [4.69, 9.17) is 5.73 Å². The van der Waals surface area contributed by atoms with Crippen molar-refractivity contribution in [2.24, 2.45) is 5.73 Å². The summed E-state index contributed by atoms with van der Waals surface area (Å²) >= 11 is 0. The Kier molecular flexibility index (Phi) is 4.62. The monoisotopic (exact) mass is 260 g/mol. The Balaban J connectivity index is 2.87. The zero-order valence-corrected chi connectivity index (χ0v) is 10.7. The number of sulfonamides is 1. The van der Waals surface area contributed by atoms with E-state index >= 15 is 0 Å². The maximum atomic E-state index is 13.6. The Hall–Kier alpha value is -0.980. The van der Waals surface area contributed by atoms with Crippen LogP contribution in [-0.2, 0) is 10.0 Å². The fourth-order valence-electron chi connectivity index (χ4n) is 1.33. The normalized spacial score (nSPS) is 13.6. The van der Waals surface area contributed by atoms with Crippen molar-refractivity contribution in [3.8, 4) is 0 Å². The van der Waals surface area contributed by atoms with Gasteiger partial charge in [0.25, 0.3) is 0 Å². The molecule has 0 spiro atoms. The second kappa shape index (κ2) is 5.57. The third-order valence-corrected chi connectivity index (χ3v) is 3.82. The van der Waals surface area contributed by atoms with Crippen molar-refractivity contribution in [1.29, 1.82) is 0 Å². The number of nitrogens with one attached hydrogen (secondary N) is 1. The Morgan fingerprint density at radius 1 is 1.47 bits per heavy atom. The minimum atomic E-state index is -3.79. The molecule has 0 aliphatic rings. The molecule has 0 heterocycles. The second-order valence-corrected chi connectivity index (χ2v) is 5.79. The van der Waals surface area contributed by atoms with Gasteiger partial charge in [0.15, 0.2) is 0 Å². The zero-order chi connectivity index (χ0) is 13.1. The molecule has 0 radical (unpaired) electrons. The number of rotatable bonds is 5. The van der Waals surface area contributed by atoms with Gasteiger partial charge in [-0.15, -0.1) is 0 Å². The summed E-state index contributed by atoms with van der Waals surface area (Å²) in [6.07, 6.45) is 0.507. The van der Waals surface area contributed by atoms with Gasteiger partial charge in [-0.1, -0.05) is 12.1 Å². The number of hydrogen-bond acceptors (Lipinski definition) is 3. The molecular formula is C11H17FN2O2S. The van der Waals surface area contributed by atoms with Crippen molar-refractivity contribution in [3.63, 3.8) is 0 Å². The second-order valence-electron chi connectivity index (χ2n) is 4.05. The molecule has 17 heavy (non-hydrogen) atoms. The van der Waals surface area contributed by atoms with Crippen LogP contribution in [0.4, 0.5) is 4.39 Å². The molecule has 3 N–H and O–H groups in total. The highest BCUT2D eigenvalue weighted by molar-refractivity contribution is 7.89. The lowest BCUT2D eigenvalue weighted by Gasteiger charge is -2.09. The van der Waals surface area contributed by atoms with Gasteiger partial charge in [-0.25, -0.2) is 17.5 Å². The molecule has 0 aliphatic carbocycles. The van der Waals surface area contributed by atoms with Crippen molar-refractivity contribution in [2.45, 2.75) is 31.2 Å². The van der Waals surface area contributed by atoms with Crippen molar-refractivity contribution in [1.82, 2.24) is 4.72 Å². The van der Waals surface area contributed by atoms with E-state index in [-0.39, 0.29) is 17.5 Å². The summed E-state index contributed by atoms with van der Waals surface area (Å²) in [6, 6.07) is 4.19. The lowest BCUT2D eigenvalue weighted by Crippen LogP contribution is -2.29. The Labute approximate surface area is 101 Å². The first-order chi connectivity index (χ1) is 7.84. The maximum Gasteiger partial charge on any atom is 0.243 e. The quantitative estimate of drug-likeness (QED) is 0.834. The fraction of sp³-hybridized carbons (Fsp3) is 0.455. The van der Waals surface area contributed by atoms with Gasteiger partial charge in [0, 0.05) is 12.6 Å². The van der Waals surface area contributed by atoms with E-state index in [2.05, 4.69) is 4.72 Å². The summed E-state index contributed by atoms with van der Waals surface area (Å²) in [5, 5.41) is 0. The molecule has 6 heteroatoms. The van der Waals surface area contributed by atoms with Gasteiger partial charge in [0.1, 0.15) is 10.7 Å². The molecule has 0 amide bonds. The molecule has 0 saturated carbocycles. The largest absolute Gasteiger partial charge is 0.328 e. The number of hydrogen-bond donors (Lipinski definition) is 2. The average Bonchev–Trinajstić information content (AvgIpc) is 2.21. The molecule has 1 rings (SSSR count). The van der Waals surface area contributed by atoms with E-state index in [0.717, 1.165) is 0 Å². The van der Waals surface area contributed by atoms with E-state index in [9.17, 15) is 12.8 Å². The van der Waals surface area contributed by atoms with Crippen molar-refractivity contribution in [2.75, 3.05) is 6.54 Å². The summed E-state index contributed by atoms with van der Waals surface area (Å²) in [5.41, 5.74) is 5.81. The summed E-state index contributed by atoms with van der Waals surface area (Å²) < 4.78 is 39.6. The molecular weight excluding hydrogens is 243 g/mol. The average molecular weight is 260 g/mol. The summed E-state index contributed by atoms with van der Waals surface area (Å²) in [7, 11) is -3.79. The summed E-state index contributed by atoms with van der Waals surface area (Å²) in [6.45, 7) is 3.51. The first kappa shape index (κ1) is 14.1. The maximum absolute atomic E-state index is 13.6. The lowest BCUT2D eigenvalue weighted by molar-refractivity contribution is 0.548. The highest BCUT2D eigenvalue weighted by atomic mass is 32.2. The highest BCUT2D eigenvalue weighted by Crippen LogP contribution is 2.16. The lowest BCUT2D eigenvalue weighted by atomic mass is 10.2. The van der Waals surface area contributed by atoms with E-state index < -0.39 is 15.8 Å². The molecule has 0 aromatic heterocycles. The highest BCUT2D eigenvalue weighted by Gasteiger charge is 2.19. The number of nitrogens with two attached hydrogens (primary N) is 1. The smallest absolute Gasteiger partial charge is 0.243 e. The van der Waals surface area contributed by atoms with Crippen molar-refractivity contribution < 1.29 is 12.8 Å². The van der Waals surface area contributed by atoms with Crippen LogP contribution in [0, 0.1) is 12.7 Å². The van der Waals surface area contributed by atoms with Crippen LogP contribution in [0.1, 0.15) is 18.9 Å². The third-order valence-electron chi connectivity index (χ3n) is 2.34. The van der Waals surface area contributed by atoms with Crippen molar-refractivity contribution >= 4 is 10.0 Å². The molecule has 1 unspecified atom stereocenters. The molecule has 96 valence electrons.